The summed E-state index contributed by atoms with van der Waals surface area (Å²) in [6.07, 6.45) is 8.38. The summed E-state index contributed by atoms with van der Waals surface area (Å²) in [5.41, 5.74) is -2.29. The zero-order chi connectivity index (χ0) is 35.6. The fourth-order valence-corrected chi connectivity index (χ4v) is 7.59. The number of allylic oxidation sites excluding steroid dienone is 1. The Labute approximate surface area is 288 Å². The quantitative estimate of drug-likeness (QED) is 0.340. The highest BCUT2D eigenvalue weighted by Gasteiger charge is 2.63. The number of alkyl carbamates (subject to hydrolysis) is 1. The lowest BCUT2D eigenvalue weighted by Gasteiger charge is -2.30. The van der Waals surface area contributed by atoms with E-state index in [-0.39, 0.29) is 19.4 Å². The average Bonchev–Trinajstić information content (AvgIpc) is 3.89. The normalized spacial score (nSPS) is 28.5. The number of amides is 4. The third-order valence-corrected chi connectivity index (χ3v) is 11.6. The Morgan fingerprint density at radius 3 is 2.61 bits per heavy atom. The van der Waals surface area contributed by atoms with Gasteiger partial charge in [0.25, 0.3) is 5.91 Å². The van der Waals surface area contributed by atoms with Crippen LogP contribution < -0.4 is 24.8 Å². The Hall–Kier alpha value is -3.88. The second kappa shape index (κ2) is 14.2. The highest BCUT2D eigenvalue weighted by Crippen LogP contribution is 2.47. The molecule has 2 aliphatic carbocycles. The van der Waals surface area contributed by atoms with Gasteiger partial charge in [-0.2, -0.15) is 0 Å². The minimum absolute atomic E-state index is 0.0188. The number of hydrogen-bond donors (Lipinski definition) is 3. The van der Waals surface area contributed by atoms with E-state index in [1.54, 1.807) is 39.8 Å². The van der Waals surface area contributed by atoms with Gasteiger partial charge < -0.3 is 29.7 Å². The van der Waals surface area contributed by atoms with Gasteiger partial charge in [-0.25, -0.2) is 18.2 Å². The minimum atomic E-state index is -3.97. The van der Waals surface area contributed by atoms with E-state index in [4.69, 9.17) is 14.2 Å². The van der Waals surface area contributed by atoms with E-state index in [0.717, 1.165) is 12.8 Å². The van der Waals surface area contributed by atoms with Crippen molar-refractivity contribution >= 4 is 33.8 Å². The first-order valence-electron chi connectivity index (χ1n) is 17.2. The highest BCUT2D eigenvalue weighted by atomic mass is 32.2. The number of ether oxygens (including phenoxy) is 3. The van der Waals surface area contributed by atoms with Gasteiger partial charge in [0.15, 0.2) is 0 Å². The molecule has 3 N–H and O–H groups in total. The van der Waals surface area contributed by atoms with Crippen LogP contribution in [0.4, 0.5) is 4.79 Å². The molecule has 3 heterocycles. The van der Waals surface area contributed by atoms with Crippen molar-refractivity contribution in [2.75, 3.05) is 13.2 Å². The van der Waals surface area contributed by atoms with E-state index < -0.39 is 73.8 Å². The van der Waals surface area contributed by atoms with Crippen LogP contribution in [0.25, 0.3) is 0 Å². The van der Waals surface area contributed by atoms with Crippen molar-refractivity contribution in [3.05, 3.63) is 30.5 Å². The molecule has 14 nitrogen and oxygen atoms in total. The largest absolute Gasteiger partial charge is 0.488 e. The van der Waals surface area contributed by atoms with Gasteiger partial charge in [-0.1, -0.05) is 25.0 Å². The van der Waals surface area contributed by atoms with E-state index in [1.807, 2.05) is 19.1 Å². The maximum Gasteiger partial charge on any atom is 0.408 e. The molecule has 1 saturated heterocycles. The molecule has 2 saturated carbocycles. The molecule has 1 aromatic heterocycles. The Bertz CT molecular complexity index is 1570. The molecule has 0 spiro atoms. The number of carbonyl (C=O) groups is 4. The number of sulfonamides is 1. The third kappa shape index (κ3) is 8.65. The molecule has 0 radical (unpaired) electrons. The molecular weight excluding hydrogens is 654 g/mol. The standard InChI is InChI=1S/C34H49N5O9S/c1-6-46-27-19-23(14-17-35-27)47-24-18-26-28(40)37-34(30(42)38-49(44,45)33(5)15-16-33)20-22(34)12-10-8-7-9-11-13-25(29(41)39(26)21-24)36-31(43)48-32(2,3)4/h10,12,14,17,19,22,24-26H,6-9,11,13,15-16,18,20-21H2,1-5H3,(H,36,43)(H,37,40)(H,38,42). The van der Waals surface area contributed by atoms with Crippen molar-refractivity contribution in [3.63, 3.8) is 0 Å². The average molecular weight is 704 g/mol. The van der Waals surface area contributed by atoms with Gasteiger partial charge in [-0.3, -0.25) is 19.1 Å². The van der Waals surface area contributed by atoms with E-state index >= 15 is 0 Å². The lowest BCUT2D eigenvalue weighted by atomic mass is 10.0. The first kappa shape index (κ1) is 36.4. The van der Waals surface area contributed by atoms with Gasteiger partial charge in [-0.05, 0) is 79.2 Å². The summed E-state index contributed by atoms with van der Waals surface area (Å²) in [7, 11) is -3.97. The third-order valence-electron chi connectivity index (χ3n) is 9.47. The smallest absolute Gasteiger partial charge is 0.408 e. The maximum atomic E-state index is 14.3. The second-order valence-electron chi connectivity index (χ2n) is 14.7. The Morgan fingerprint density at radius 2 is 1.92 bits per heavy atom. The van der Waals surface area contributed by atoms with Crippen molar-refractivity contribution in [1.82, 2.24) is 25.2 Å². The predicted octanol–water partition coefficient (Wildman–Crippen LogP) is 3.12. The molecule has 3 fully saturated rings. The number of nitrogens with one attached hydrogen (secondary N) is 3. The van der Waals surface area contributed by atoms with Crippen LogP contribution in [0.15, 0.2) is 30.5 Å². The number of nitrogens with zero attached hydrogens (tertiary/aromatic N) is 2. The van der Waals surface area contributed by atoms with Gasteiger partial charge in [0, 0.05) is 24.6 Å². The van der Waals surface area contributed by atoms with Gasteiger partial charge >= 0.3 is 6.09 Å². The molecule has 1 aromatic rings. The summed E-state index contributed by atoms with van der Waals surface area (Å²) in [5, 5.41) is 5.59. The summed E-state index contributed by atoms with van der Waals surface area (Å²) in [4.78, 5) is 60.6. The van der Waals surface area contributed by atoms with Crippen molar-refractivity contribution in [2.45, 2.75) is 126 Å². The van der Waals surface area contributed by atoms with Crippen LogP contribution in [0.3, 0.4) is 0 Å². The fraction of sp³-hybridized carbons (Fsp3) is 0.676. The first-order valence-corrected chi connectivity index (χ1v) is 18.6. The van der Waals surface area contributed by atoms with Gasteiger partial charge in [0.05, 0.1) is 17.9 Å². The summed E-state index contributed by atoms with van der Waals surface area (Å²) >= 11 is 0. The summed E-state index contributed by atoms with van der Waals surface area (Å²) in [5.74, 6) is -1.51. The second-order valence-corrected chi connectivity index (χ2v) is 16.9. The lowest BCUT2D eigenvalue weighted by molar-refractivity contribution is -0.141. The SMILES string of the molecule is CCOc1cc(OC2CC3C(=O)NC4(C(=O)NS(=O)(=O)C5(C)CC5)CC4C=CCCCCCC(NC(=O)OC(C)(C)C)C(=O)N3C2)ccn1. The van der Waals surface area contributed by atoms with Crippen molar-refractivity contribution in [3.8, 4) is 11.6 Å². The molecular formula is C34H49N5O9S. The number of rotatable bonds is 8. The molecule has 49 heavy (non-hydrogen) atoms. The molecule has 0 bridgehead atoms. The monoisotopic (exact) mass is 703 g/mol. The van der Waals surface area contributed by atoms with Crippen LogP contribution in [0.2, 0.25) is 0 Å². The summed E-state index contributed by atoms with van der Waals surface area (Å²) in [6, 6.07) is 1.21. The molecule has 270 valence electrons. The Kier molecular flexibility index (Phi) is 10.5. The van der Waals surface area contributed by atoms with E-state index in [1.165, 1.54) is 11.1 Å². The molecule has 0 aromatic carbocycles. The first-order chi connectivity index (χ1) is 23.1. The maximum absolute atomic E-state index is 14.3. The zero-order valence-electron chi connectivity index (χ0n) is 29.0. The van der Waals surface area contributed by atoms with Crippen LogP contribution >= 0.6 is 0 Å². The highest BCUT2D eigenvalue weighted by molar-refractivity contribution is 7.91. The predicted molar refractivity (Wildman–Crippen MR) is 179 cm³/mol. The molecule has 2 aliphatic heterocycles. The fourth-order valence-electron chi connectivity index (χ4n) is 6.28. The van der Waals surface area contributed by atoms with E-state index in [9.17, 15) is 27.6 Å². The Balaban J connectivity index is 1.43. The van der Waals surface area contributed by atoms with Crippen LogP contribution in [0, 0.1) is 5.92 Å². The number of hydrogen-bond acceptors (Lipinski definition) is 10. The van der Waals surface area contributed by atoms with Crippen LogP contribution in [0.1, 0.15) is 92.4 Å². The number of fused-ring (bicyclic) bond motifs is 2. The Morgan fingerprint density at radius 1 is 1.16 bits per heavy atom. The molecule has 4 amide bonds. The van der Waals surface area contributed by atoms with Crippen LogP contribution in [-0.2, 0) is 29.1 Å². The van der Waals surface area contributed by atoms with Crippen molar-refractivity contribution < 1.29 is 41.8 Å². The van der Waals surface area contributed by atoms with Crippen molar-refractivity contribution in [2.24, 2.45) is 5.92 Å². The molecule has 15 heteroatoms. The lowest BCUT2D eigenvalue weighted by Crippen LogP contribution is -2.58. The molecule has 5 rings (SSSR count). The van der Waals surface area contributed by atoms with Gasteiger partial charge in [0.2, 0.25) is 27.7 Å². The number of carbonyl (C=O) groups excluding carboxylic acids is 4. The molecule has 5 atom stereocenters. The van der Waals surface area contributed by atoms with Crippen LogP contribution in [-0.4, -0.2) is 89.3 Å². The van der Waals surface area contributed by atoms with E-state index in [0.29, 0.717) is 50.3 Å². The van der Waals surface area contributed by atoms with Crippen LogP contribution in [0.5, 0.6) is 11.6 Å². The van der Waals surface area contributed by atoms with E-state index in [2.05, 4.69) is 20.3 Å². The summed E-state index contributed by atoms with van der Waals surface area (Å²) in [6.45, 7) is 9.02. The van der Waals surface area contributed by atoms with Gasteiger partial charge in [-0.15, -0.1) is 0 Å². The zero-order valence-corrected chi connectivity index (χ0v) is 29.8. The molecule has 5 unspecified atom stereocenters. The summed E-state index contributed by atoms with van der Waals surface area (Å²) < 4.78 is 44.5. The number of pyridine rings is 1. The number of aromatic nitrogens is 1. The topological polar surface area (TPSA) is 182 Å². The minimum Gasteiger partial charge on any atom is -0.488 e. The molecule has 4 aliphatic rings. The van der Waals surface area contributed by atoms with Crippen molar-refractivity contribution in [1.29, 1.82) is 0 Å². The van der Waals surface area contributed by atoms with Gasteiger partial charge in [0.1, 0.15) is 35.1 Å².